The number of nitrogens with one attached hydrogen (secondary N) is 1. The van der Waals surface area contributed by atoms with E-state index in [1.807, 2.05) is 0 Å². The molecule has 106 valence electrons. The number of rotatable bonds is 5. The molecule has 21 heavy (non-hydrogen) atoms. The molecular formula is C20H21N. The van der Waals surface area contributed by atoms with Gasteiger partial charge in [0.25, 0.3) is 0 Å². The van der Waals surface area contributed by atoms with Crippen LogP contribution in [-0.4, -0.2) is 6.54 Å². The van der Waals surface area contributed by atoms with Gasteiger partial charge >= 0.3 is 0 Å². The zero-order chi connectivity index (χ0) is 14.5. The van der Waals surface area contributed by atoms with Gasteiger partial charge in [0.1, 0.15) is 0 Å². The van der Waals surface area contributed by atoms with E-state index in [0.29, 0.717) is 0 Å². The van der Waals surface area contributed by atoms with E-state index in [-0.39, 0.29) is 0 Å². The number of benzene rings is 3. The van der Waals surface area contributed by atoms with Gasteiger partial charge in [0, 0.05) is 12.2 Å². The zero-order valence-corrected chi connectivity index (χ0v) is 12.5. The van der Waals surface area contributed by atoms with Gasteiger partial charge in [-0.1, -0.05) is 67.6 Å². The monoisotopic (exact) mass is 275 g/mol. The third-order valence-electron chi connectivity index (χ3n) is 3.99. The summed E-state index contributed by atoms with van der Waals surface area (Å²) in [7, 11) is 0. The fraction of sp³-hybridized carbons (Fsp3) is 0.200. The Morgan fingerprint density at radius 1 is 0.762 bits per heavy atom. The molecule has 0 aliphatic heterocycles. The molecule has 0 atom stereocenters. The normalized spacial score (nSPS) is 10.7. The molecule has 1 nitrogen and oxygen atoms in total. The number of aryl methyl sites for hydroxylation is 1. The van der Waals surface area contributed by atoms with Crippen LogP contribution in [0.1, 0.15) is 18.1 Å². The fourth-order valence-corrected chi connectivity index (χ4v) is 2.84. The molecule has 0 amide bonds. The van der Waals surface area contributed by atoms with Gasteiger partial charge in [0.05, 0.1) is 0 Å². The lowest BCUT2D eigenvalue weighted by atomic mass is 10.0. The Hall–Kier alpha value is -2.28. The van der Waals surface area contributed by atoms with Crippen LogP contribution < -0.4 is 5.32 Å². The molecule has 1 heteroatoms. The second-order valence-electron chi connectivity index (χ2n) is 5.33. The van der Waals surface area contributed by atoms with Crippen LogP contribution in [0.15, 0.2) is 66.7 Å². The lowest BCUT2D eigenvalue weighted by Crippen LogP contribution is -2.07. The Morgan fingerprint density at radius 3 is 2.38 bits per heavy atom. The van der Waals surface area contributed by atoms with Crippen LogP contribution in [0.2, 0.25) is 0 Å². The van der Waals surface area contributed by atoms with Crippen LogP contribution in [0, 0.1) is 0 Å². The number of hydrogen-bond donors (Lipinski definition) is 1. The van der Waals surface area contributed by atoms with Crippen molar-refractivity contribution in [2.24, 2.45) is 0 Å². The van der Waals surface area contributed by atoms with Crippen molar-refractivity contribution < 1.29 is 0 Å². The minimum absolute atomic E-state index is 0.963. The molecule has 0 radical (unpaired) electrons. The number of para-hydroxylation sites is 1. The SMILES string of the molecule is CCc1ccccc1NCCc1cccc2ccccc12. The largest absolute Gasteiger partial charge is 0.384 e. The van der Waals surface area contributed by atoms with E-state index in [1.165, 1.54) is 27.6 Å². The molecule has 0 aliphatic carbocycles. The average molecular weight is 275 g/mol. The summed E-state index contributed by atoms with van der Waals surface area (Å²) in [5, 5.41) is 6.27. The van der Waals surface area contributed by atoms with Gasteiger partial charge in [-0.05, 0) is 40.8 Å². The van der Waals surface area contributed by atoms with Crippen molar-refractivity contribution in [1.29, 1.82) is 0 Å². The third-order valence-corrected chi connectivity index (χ3v) is 3.99. The van der Waals surface area contributed by atoms with Crippen LogP contribution in [0.4, 0.5) is 5.69 Å². The Balaban J connectivity index is 1.72. The van der Waals surface area contributed by atoms with E-state index in [9.17, 15) is 0 Å². The maximum atomic E-state index is 3.58. The molecule has 0 saturated carbocycles. The van der Waals surface area contributed by atoms with Gasteiger partial charge in [-0.25, -0.2) is 0 Å². The molecule has 0 saturated heterocycles. The van der Waals surface area contributed by atoms with Crippen molar-refractivity contribution in [2.75, 3.05) is 11.9 Å². The molecule has 3 aromatic carbocycles. The Morgan fingerprint density at radius 2 is 1.48 bits per heavy atom. The second kappa shape index (κ2) is 6.45. The summed E-state index contributed by atoms with van der Waals surface area (Å²) in [4.78, 5) is 0. The van der Waals surface area contributed by atoms with Crippen LogP contribution >= 0.6 is 0 Å². The van der Waals surface area contributed by atoms with E-state index in [4.69, 9.17) is 0 Å². The smallest absolute Gasteiger partial charge is 0.0372 e. The first kappa shape index (κ1) is 13.7. The van der Waals surface area contributed by atoms with Crippen molar-refractivity contribution in [3.8, 4) is 0 Å². The highest BCUT2D eigenvalue weighted by atomic mass is 14.9. The molecule has 0 fully saturated rings. The Labute approximate surface area is 126 Å². The molecule has 3 aromatic rings. The number of anilines is 1. The highest BCUT2D eigenvalue weighted by Gasteiger charge is 2.02. The fourth-order valence-electron chi connectivity index (χ4n) is 2.84. The number of fused-ring (bicyclic) bond motifs is 1. The van der Waals surface area contributed by atoms with Crippen molar-refractivity contribution >= 4 is 16.5 Å². The Kier molecular flexibility index (Phi) is 4.20. The van der Waals surface area contributed by atoms with Crippen molar-refractivity contribution in [1.82, 2.24) is 0 Å². The molecule has 0 unspecified atom stereocenters. The minimum Gasteiger partial charge on any atom is -0.384 e. The van der Waals surface area contributed by atoms with Gasteiger partial charge in [-0.2, -0.15) is 0 Å². The summed E-state index contributed by atoms with van der Waals surface area (Å²) in [6.45, 7) is 3.16. The maximum Gasteiger partial charge on any atom is 0.0372 e. The van der Waals surface area contributed by atoms with Crippen LogP contribution in [0.3, 0.4) is 0 Å². The summed E-state index contributed by atoms with van der Waals surface area (Å²) >= 11 is 0. The van der Waals surface area contributed by atoms with Crippen LogP contribution in [0.25, 0.3) is 10.8 Å². The van der Waals surface area contributed by atoms with Crippen molar-refractivity contribution in [2.45, 2.75) is 19.8 Å². The summed E-state index contributed by atoms with van der Waals surface area (Å²) in [6, 6.07) is 23.7. The highest BCUT2D eigenvalue weighted by Crippen LogP contribution is 2.20. The standard InChI is InChI=1S/C20H21N/c1-2-16-8-4-6-13-20(16)21-15-14-18-11-7-10-17-9-3-5-12-19(17)18/h3-13,21H,2,14-15H2,1H3. The van der Waals surface area contributed by atoms with Crippen molar-refractivity contribution in [3.05, 3.63) is 77.9 Å². The summed E-state index contributed by atoms with van der Waals surface area (Å²) in [5.74, 6) is 0. The summed E-state index contributed by atoms with van der Waals surface area (Å²) < 4.78 is 0. The lowest BCUT2D eigenvalue weighted by molar-refractivity contribution is 1.02. The quantitative estimate of drug-likeness (QED) is 0.686. The maximum absolute atomic E-state index is 3.58. The molecular weight excluding hydrogens is 254 g/mol. The second-order valence-corrected chi connectivity index (χ2v) is 5.33. The molecule has 1 N–H and O–H groups in total. The average Bonchev–Trinajstić information content (AvgIpc) is 2.55. The zero-order valence-electron chi connectivity index (χ0n) is 12.5. The van der Waals surface area contributed by atoms with Crippen molar-refractivity contribution in [3.63, 3.8) is 0 Å². The first-order chi connectivity index (χ1) is 10.4. The molecule has 0 spiro atoms. The molecule has 0 bridgehead atoms. The lowest BCUT2D eigenvalue weighted by Gasteiger charge is -2.12. The van der Waals surface area contributed by atoms with Crippen LogP contribution in [0.5, 0.6) is 0 Å². The predicted octanol–water partition coefficient (Wildman–Crippen LogP) is 5.06. The van der Waals surface area contributed by atoms with E-state index in [0.717, 1.165) is 19.4 Å². The molecule has 3 rings (SSSR count). The van der Waals surface area contributed by atoms with Gasteiger partial charge in [-0.15, -0.1) is 0 Å². The van der Waals surface area contributed by atoms with E-state index < -0.39 is 0 Å². The molecule has 0 heterocycles. The first-order valence-electron chi connectivity index (χ1n) is 7.67. The van der Waals surface area contributed by atoms with E-state index >= 15 is 0 Å². The number of hydrogen-bond acceptors (Lipinski definition) is 1. The Bertz CT molecular complexity index is 725. The minimum atomic E-state index is 0.963. The van der Waals surface area contributed by atoms with Crippen LogP contribution in [-0.2, 0) is 12.8 Å². The topological polar surface area (TPSA) is 12.0 Å². The van der Waals surface area contributed by atoms with Gasteiger partial charge in [0.15, 0.2) is 0 Å². The highest BCUT2D eigenvalue weighted by molar-refractivity contribution is 5.85. The molecule has 0 aromatic heterocycles. The van der Waals surface area contributed by atoms with E-state index in [2.05, 4.69) is 79.0 Å². The molecule has 0 aliphatic rings. The van der Waals surface area contributed by atoms with Gasteiger partial charge < -0.3 is 5.32 Å². The van der Waals surface area contributed by atoms with E-state index in [1.54, 1.807) is 0 Å². The summed E-state index contributed by atoms with van der Waals surface area (Å²) in [6.07, 6.45) is 2.11. The van der Waals surface area contributed by atoms with Gasteiger partial charge in [0.2, 0.25) is 0 Å². The first-order valence-corrected chi connectivity index (χ1v) is 7.67. The predicted molar refractivity (Wildman–Crippen MR) is 92.0 cm³/mol. The summed E-state index contributed by atoms with van der Waals surface area (Å²) in [5.41, 5.74) is 4.06. The third kappa shape index (κ3) is 3.08. The van der Waals surface area contributed by atoms with Gasteiger partial charge in [-0.3, -0.25) is 0 Å².